The Hall–Kier alpha value is -1.05. The molecular weight excluding hydrogens is 200 g/mol. The van der Waals surface area contributed by atoms with Crippen LogP contribution in [-0.4, -0.2) is 12.1 Å². The molecule has 2 unspecified atom stereocenters. The third-order valence-electron chi connectivity index (χ3n) is 3.32. The van der Waals surface area contributed by atoms with E-state index in [0.717, 1.165) is 19.3 Å². The first-order valence-corrected chi connectivity index (χ1v) is 5.88. The van der Waals surface area contributed by atoms with Gasteiger partial charge in [0.2, 0.25) is 0 Å². The van der Waals surface area contributed by atoms with Gasteiger partial charge in [-0.05, 0) is 46.5 Å². The van der Waals surface area contributed by atoms with Crippen molar-refractivity contribution in [3.63, 3.8) is 0 Å². The van der Waals surface area contributed by atoms with E-state index >= 15 is 0 Å². The molecule has 0 heterocycles. The number of hydrogen-bond acceptors (Lipinski definition) is 2. The van der Waals surface area contributed by atoms with Crippen LogP contribution < -0.4 is 0 Å². The molecule has 16 heavy (non-hydrogen) atoms. The largest absolute Gasteiger partial charge is 0.461 e. The van der Waals surface area contributed by atoms with Crippen LogP contribution in [0, 0.1) is 5.92 Å². The van der Waals surface area contributed by atoms with Crippen LogP contribution in [0.25, 0.3) is 0 Å². The smallest absolute Gasteiger partial charge is 0.293 e. The average molecular weight is 222 g/mol. The highest BCUT2D eigenvalue weighted by Gasteiger charge is 2.32. The highest BCUT2D eigenvalue weighted by Crippen LogP contribution is 2.36. The van der Waals surface area contributed by atoms with Crippen LogP contribution in [-0.2, 0) is 9.53 Å². The van der Waals surface area contributed by atoms with Crippen LogP contribution in [0.3, 0.4) is 0 Å². The first-order valence-electron chi connectivity index (χ1n) is 5.88. The number of allylic oxidation sites excluding steroid dienone is 3. The van der Waals surface area contributed by atoms with Gasteiger partial charge in [-0.1, -0.05) is 23.3 Å². The second-order valence-electron chi connectivity index (χ2n) is 5.23. The van der Waals surface area contributed by atoms with Gasteiger partial charge in [-0.2, -0.15) is 0 Å². The second kappa shape index (κ2) is 5.33. The van der Waals surface area contributed by atoms with Crippen LogP contribution in [0.2, 0.25) is 0 Å². The summed E-state index contributed by atoms with van der Waals surface area (Å²) < 4.78 is 5.21. The minimum absolute atomic E-state index is 0.304. The highest BCUT2D eigenvalue weighted by molar-refractivity contribution is 5.38. The fourth-order valence-electron chi connectivity index (χ4n) is 2.17. The van der Waals surface area contributed by atoms with Crippen molar-refractivity contribution in [1.82, 2.24) is 0 Å². The molecular formula is C14H22O2. The van der Waals surface area contributed by atoms with Crippen molar-refractivity contribution in [1.29, 1.82) is 0 Å². The van der Waals surface area contributed by atoms with Crippen LogP contribution >= 0.6 is 0 Å². The fourth-order valence-corrected chi connectivity index (χ4v) is 2.17. The van der Waals surface area contributed by atoms with Crippen molar-refractivity contribution in [2.75, 3.05) is 0 Å². The molecule has 0 N–H and O–H groups in total. The molecule has 0 fully saturated rings. The molecule has 0 saturated heterocycles. The Morgan fingerprint density at radius 3 is 2.88 bits per heavy atom. The van der Waals surface area contributed by atoms with Gasteiger partial charge in [-0.3, -0.25) is 4.79 Å². The van der Waals surface area contributed by atoms with Gasteiger partial charge in [0, 0.05) is 6.42 Å². The summed E-state index contributed by atoms with van der Waals surface area (Å²) in [5.74, 6) is 0.508. The SMILES string of the molecule is CC(C)=CCC1CC(C)(OC=O)CC=C1C. The maximum atomic E-state index is 10.5. The summed E-state index contributed by atoms with van der Waals surface area (Å²) in [6.07, 6.45) is 7.27. The second-order valence-corrected chi connectivity index (χ2v) is 5.23. The molecule has 0 radical (unpaired) electrons. The van der Waals surface area contributed by atoms with E-state index < -0.39 is 0 Å². The molecule has 2 nitrogen and oxygen atoms in total. The topological polar surface area (TPSA) is 26.3 Å². The van der Waals surface area contributed by atoms with E-state index in [1.807, 2.05) is 6.92 Å². The first-order chi connectivity index (χ1) is 7.47. The molecule has 0 bridgehead atoms. The van der Waals surface area contributed by atoms with Gasteiger partial charge >= 0.3 is 0 Å². The van der Waals surface area contributed by atoms with E-state index in [0.29, 0.717) is 12.4 Å². The normalized spacial score (nSPS) is 29.2. The third kappa shape index (κ3) is 3.51. The molecule has 2 atom stereocenters. The van der Waals surface area contributed by atoms with Crippen molar-refractivity contribution in [3.8, 4) is 0 Å². The molecule has 1 rings (SSSR count). The molecule has 0 aromatic carbocycles. The highest BCUT2D eigenvalue weighted by atomic mass is 16.5. The van der Waals surface area contributed by atoms with Crippen LogP contribution in [0.4, 0.5) is 0 Å². The van der Waals surface area contributed by atoms with E-state index in [2.05, 4.69) is 32.9 Å². The van der Waals surface area contributed by atoms with Crippen LogP contribution in [0.5, 0.6) is 0 Å². The summed E-state index contributed by atoms with van der Waals surface area (Å²) in [5, 5.41) is 0. The summed E-state index contributed by atoms with van der Waals surface area (Å²) >= 11 is 0. The Morgan fingerprint density at radius 1 is 1.62 bits per heavy atom. The predicted molar refractivity (Wildman–Crippen MR) is 66.1 cm³/mol. The van der Waals surface area contributed by atoms with Crippen LogP contribution in [0.1, 0.15) is 47.0 Å². The number of hydrogen-bond donors (Lipinski definition) is 0. The molecule has 0 aromatic heterocycles. The fraction of sp³-hybridized carbons (Fsp3) is 0.643. The summed E-state index contributed by atoms with van der Waals surface area (Å²) in [5.41, 5.74) is 2.46. The molecule has 1 aliphatic rings. The molecule has 0 aliphatic heterocycles. The lowest BCUT2D eigenvalue weighted by Crippen LogP contribution is -2.34. The van der Waals surface area contributed by atoms with Crippen molar-refractivity contribution in [3.05, 3.63) is 23.3 Å². The van der Waals surface area contributed by atoms with E-state index in [4.69, 9.17) is 4.74 Å². The zero-order valence-electron chi connectivity index (χ0n) is 10.7. The molecule has 90 valence electrons. The molecule has 1 aliphatic carbocycles. The quantitative estimate of drug-likeness (QED) is 0.536. The van der Waals surface area contributed by atoms with Gasteiger partial charge in [-0.25, -0.2) is 0 Å². The Bertz CT molecular complexity index is 311. The van der Waals surface area contributed by atoms with E-state index in [1.54, 1.807) is 0 Å². The number of carbonyl (C=O) groups is 1. The summed E-state index contributed by atoms with van der Waals surface area (Å²) in [7, 11) is 0. The standard InChI is InChI=1S/C14H22O2/c1-11(2)5-6-13-9-14(4,16-10-15)8-7-12(13)3/h5,7,10,13H,6,8-9H2,1-4H3. The van der Waals surface area contributed by atoms with Crippen molar-refractivity contribution < 1.29 is 9.53 Å². The van der Waals surface area contributed by atoms with Gasteiger partial charge in [0.05, 0.1) is 0 Å². The zero-order valence-corrected chi connectivity index (χ0v) is 10.7. The molecule has 2 heteroatoms. The Labute approximate surface area is 98.4 Å². The van der Waals surface area contributed by atoms with E-state index in [-0.39, 0.29) is 5.60 Å². The lowest BCUT2D eigenvalue weighted by molar-refractivity contribution is -0.143. The maximum absolute atomic E-state index is 10.5. The van der Waals surface area contributed by atoms with Crippen molar-refractivity contribution in [2.24, 2.45) is 5.92 Å². The van der Waals surface area contributed by atoms with Crippen molar-refractivity contribution >= 4 is 6.47 Å². The summed E-state index contributed by atoms with van der Waals surface area (Å²) in [6.45, 7) is 8.99. The van der Waals surface area contributed by atoms with Crippen LogP contribution in [0.15, 0.2) is 23.3 Å². The molecule has 0 amide bonds. The zero-order chi connectivity index (χ0) is 12.2. The van der Waals surface area contributed by atoms with Gasteiger partial charge in [0.15, 0.2) is 0 Å². The van der Waals surface area contributed by atoms with Gasteiger partial charge in [-0.15, -0.1) is 0 Å². The number of carbonyl (C=O) groups excluding carboxylic acids is 1. The van der Waals surface area contributed by atoms with Gasteiger partial charge in [0.1, 0.15) is 5.60 Å². The number of ether oxygens (including phenoxy) is 1. The lowest BCUT2D eigenvalue weighted by atomic mass is 9.78. The van der Waals surface area contributed by atoms with Crippen molar-refractivity contribution in [2.45, 2.75) is 52.6 Å². The Balaban J connectivity index is 2.70. The van der Waals surface area contributed by atoms with E-state index in [1.165, 1.54) is 11.1 Å². The summed E-state index contributed by atoms with van der Waals surface area (Å²) in [4.78, 5) is 10.5. The third-order valence-corrected chi connectivity index (χ3v) is 3.32. The minimum atomic E-state index is -0.304. The Kier molecular flexibility index (Phi) is 4.34. The monoisotopic (exact) mass is 222 g/mol. The van der Waals surface area contributed by atoms with Gasteiger partial charge < -0.3 is 4.74 Å². The Morgan fingerprint density at radius 2 is 2.31 bits per heavy atom. The molecule has 0 aromatic rings. The molecule has 0 spiro atoms. The summed E-state index contributed by atoms with van der Waals surface area (Å²) in [6, 6.07) is 0. The number of rotatable bonds is 4. The van der Waals surface area contributed by atoms with Gasteiger partial charge in [0.25, 0.3) is 6.47 Å². The minimum Gasteiger partial charge on any atom is -0.461 e. The molecule has 0 saturated carbocycles. The average Bonchev–Trinajstić information content (AvgIpc) is 2.20. The maximum Gasteiger partial charge on any atom is 0.293 e. The first kappa shape index (κ1) is 13.0. The predicted octanol–water partition coefficient (Wildman–Crippen LogP) is 3.63. The van der Waals surface area contributed by atoms with E-state index in [9.17, 15) is 4.79 Å². The lowest BCUT2D eigenvalue weighted by Gasteiger charge is -2.35.